The highest BCUT2D eigenvalue weighted by Gasteiger charge is 2.28. The first kappa shape index (κ1) is 15.4. The Balaban J connectivity index is 2.20. The van der Waals surface area contributed by atoms with E-state index < -0.39 is 12.7 Å². The van der Waals surface area contributed by atoms with Crippen molar-refractivity contribution in [3.8, 4) is 0 Å². The number of aryl methyl sites for hydroxylation is 1. The molecule has 114 valence electrons. The molecular weight excluding hydrogens is 309 g/mol. The minimum Gasteiger partial charge on any atom is -0.372 e. The van der Waals surface area contributed by atoms with Gasteiger partial charge in [0.05, 0.1) is 17.6 Å². The summed E-state index contributed by atoms with van der Waals surface area (Å²) < 4.78 is 37.8. The van der Waals surface area contributed by atoms with Gasteiger partial charge in [0.2, 0.25) is 5.95 Å². The third kappa shape index (κ3) is 3.97. The maximum Gasteiger partial charge on any atom is 0.408 e. The van der Waals surface area contributed by atoms with E-state index in [-0.39, 0.29) is 5.95 Å². The number of nitrogens with one attached hydrogen (secondary N) is 2. The lowest BCUT2D eigenvalue weighted by atomic mass is 10.4. The van der Waals surface area contributed by atoms with E-state index in [0.29, 0.717) is 22.2 Å². The van der Waals surface area contributed by atoms with Gasteiger partial charge >= 0.3 is 6.18 Å². The van der Waals surface area contributed by atoms with E-state index in [0.717, 1.165) is 4.68 Å². The van der Waals surface area contributed by atoms with Crippen LogP contribution < -0.4 is 10.6 Å². The quantitative estimate of drug-likeness (QED) is 0.906. The molecule has 0 aromatic carbocycles. The van der Waals surface area contributed by atoms with E-state index in [1.807, 2.05) is 0 Å². The van der Waals surface area contributed by atoms with Crippen molar-refractivity contribution >= 4 is 29.1 Å². The Bertz CT molecular complexity index is 639. The standard InChI is InChI=1S/C11H12ClF3N6/c1-6-8(4-21(20-6)5-11(13,14)15)18-10-17-3-7(12)9(16-2)19-10/h3-4H,5H2,1-2H3,(H2,16,17,18,19). The number of alkyl halides is 3. The SMILES string of the molecule is CNc1nc(Nc2cn(CC(F)(F)F)nc2C)ncc1Cl. The average Bonchev–Trinajstić information content (AvgIpc) is 2.69. The largest absolute Gasteiger partial charge is 0.408 e. The molecule has 2 N–H and O–H groups in total. The zero-order valence-corrected chi connectivity index (χ0v) is 11.9. The van der Waals surface area contributed by atoms with Crippen molar-refractivity contribution in [1.82, 2.24) is 19.7 Å². The lowest BCUT2D eigenvalue weighted by Gasteiger charge is -2.06. The van der Waals surface area contributed by atoms with Gasteiger partial charge in [-0.05, 0) is 6.92 Å². The van der Waals surface area contributed by atoms with Crippen molar-refractivity contribution in [3.63, 3.8) is 0 Å². The van der Waals surface area contributed by atoms with E-state index >= 15 is 0 Å². The first-order valence-electron chi connectivity index (χ1n) is 5.86. The van der Waals surface area contributed by atoms with E-state index in [1.54, 1.807) is 14.0 Å². The molecule has 0 radical (unpaired) electrons. The van der Waals surface area contributed by atoms with Crippen molar-refractivity contribution in [3.05, 3.63) is 23.1 Å². The monoisotopic (exact) mass is 320 g/mol. The molecule has 0 bridgehead atoms. The van der Waals surface area contributed by atoms with Crippen LogP contribution in [0.2, 0.25) is 5.02 Å². The van der Waals surface area contributed by atoms with Gasteiger partial charge < -0.3 is 10.6 Å². The first-order chi connectivity index (χ1) is 9.78. The summed E-state index contributed by atoms with van der Waals surface area (Å²) in [5.41, 5.74) is 0.799. The molecule has 0 unspecified atom stereocenters. The maximum absolute atomic E-state index is 12.3. The van der Waals surface area contributed by atoms with Crippen LogP contribution in [0.15, 0.2) is 12.4 Å². The third-order valence-electron chi connectivity index (χ3n) is 2.52. The van der Waals surface area contributed by atoms with Crippen LogP contribution in [0, 0.1) is 6.92 Å². The lowest BCUT2D eigenvalue weighted by molar-refractivity contribution is -0.142. The summed E-state index contributed by atoms with van der Waals surface area (Å²) >= 11 is 5.85. The van der Waals surface area contributed by atoms with Crippen molar-refractivity contribution < 1.29 is 13.2 Å². The molecule has 0 fully saturated rings. The first-order valence-corrected chi connectivity index (χ1v) is 6.24. The van der Waals surface area contributed by atoms with Gasteiger partial charge in [-0.25, -0.2) is 4.98 Å². The van der Waals surface area contributed by atoms with E-state index in [4.69, 9.17) is 11.6 Å². The molecule has 0 amide bonds. The number of hydrogen-bond donors (Lipinski definition) is 2. The van der Waals surface area contributed by atoms with Crippen LogP contribution >= 0.6 is 11.6 Å². The molecule has 0 saturated carbocycles. The van der Waals surface area contributed by atoms with Crippen LogP contribution in [0.3, 0.4) is 0 Å². The topological polar surface area (TPSA) is 67.7 Å². The van der Waals surface area contributed by atoms with Crippen molar-refractivity contribution in [2.24, 2.45) is 0 Å². The Morgan fingerprint density at radius 2 is 2.10 bits per heavy atom. The molecule has 0 saturated heterocycles. The van der Waals surface area contributed by atoms with Crippen LogP contribution in [0.4, 0.5) is 30.6 Å². The number of halogens is 4. The molecule has 2 rings (SSSR count). The highest BCUT2D eigenvalue weighted by atomic mass is 35.5. The van der Waals surface area contributed by atoms with Crippen molar-refractivity contribution in [2.45, 2.75) is 19.6 Å². The fraction of sp³-hybridized carbons (Fsp3) is 0.364. The summed E-state index contributed by atoms with van der Waals surface area (Å²) in [5, 5.41) is 9.72. The number of hydrogen-bond acceptors (Lipinski definition) is 5. The zero-order valence-electron chi connectivity index (χ0n) is 11.2. The van der Waals surface area contributed by atoms with Gasteiger partial charge in [-0.2, -0.15) is 23.3 Å². The Kier molecular flexibility index (Phi) is 4.21. The van der Waals surface area contributed by atoms with Crippen LogP contribution in [0.25, 0.3) is 0 Å². The lowest BCUT2D eigenvalue weighted by Crippen LogP contribution is -2.17. The van der Waals surface area contributed by atoms with Gasteiger partial charge in [0.15, 0.2) is 0 Å². The third-order valence-corrected chi connectivity index (χ3v) is 2.79. The molecule has 0 spiro atoms. The number of anilines is 3. The van der Waals surface area contributed by atoms with Gasteiger partial charge in [0.25, 0.3) is 0 Å². The van der Waals surface area contributed by atoms with Gasteiger partial charge in [0, 0.05) is 13.2 Å². The van der Waals surface area contributed by atoms with Gasteiger partial charge in [-0.15, -0.1) is 0 Å². The van der Waals surface area contributed by atoms with E-state index in [1.165, 1.54) is 12.4 Å². The van der Waals surface area contributed by atoms with Gasteiger partial charge in [0.1, 0.15) is 17.4 Å². The van der Waals surface area contributed by atoms with Crippen LogP contribution in [-0.2, 0) is 6.54 Å². The second-order valence-corrected chi connectivity index (χ2v) is 4.61. The Hall–Kier alpha value is -2.03. The summed E-state index contributed by atoms with van der Waals surface area (Å²) in [5.74, 6) is 0.618. The molecule has 2 aromatic heterocycles. The van der Waals surface area contributed by atoms with Crippen molar-refractivity contribution in [2.75, 3.05) is 17.7 Å². The van der Waals surface area contributed by atoms with Crippen LogP contribution in [0.1, 0.15) is 5.69 Å². The number of rotatable bonds is 4. The fourth-order valence-corrected chi connectivity index (χ4v) is 1.81. The Morgan fingerprint density at radius 1 is 1.38 bits per heavy atom. The molecule has 0 aliphatic rings. The summed E-state index contributed by atoms with van der Waals surface area (Å²) in [4.78, 5) is 8.04. The zero-order chi connectivity index (χ0) is 15.6. The van der Waals surface area contributed by atoms with E-state index in [9.17, 15) is 13.2 Å². The molecule has 21 heavy (non-hydrogen) atoms. The molecule has 0 atom stereocenters. The normalized spacial score (nSPS) is 11.5. The second-order valence-electron chi connectivity index (χ2n) is 4.21. The summed E-state index contributed by atoms with van der Waals surface area (Å²) in [6.07, 6.45) is -1.69. The second kappa shape index (κ2) is 5.76. The predicted octanol–water partition coefficient (Wildman–Crippen LogP) is 2.98. The highest BCUT2D eigenvalue weighted by Crippen LogP contribution is 2.23. The van der Waals surface area contributed by atoms with Gasteiger partial charge in [-0.3, -0.25) is 4.68 Å². The molecule has 2 aromatic rings. The Labute approximate surface area is 123 Å². The number of nitrogens with zero attached hydrogens (tertiary/aromatic N) is 4. The molecular formula is C11H12ClF3N6. The molecule has 0 aliphatic carbocycles. The van der Waals surface area contributed by atoms with Gasteiger partial charge in [-0.1, -0.05) is 11.6 Å². The summed E-state index contributed by atoms with van der Waals surface area (Å²) in [6.45, 7) is 0.433. The minimum absolute atomic E-state index is 0.207. The molecule has 6 nitrogen and oxygen atoms in total. The average molecular weight is 321 g/mol. The molecule has 0 aliphatic heterocycles. The van der Waals surface area contributed by atoms with Crippen LogP contribution in [-0.4, -0.2) is 33.0 Å². The maximum atomic E-state index is 12.3. The van der Waals surface area contributed by atoms with Crippen LogP contribution in [0.5, 0.6) is 0 Å². The van der Waals surface area contributed by atoms with Crippen molar-refractivity contribution in [1.29, 1.82) is 0 Å². The summed E-state index contributed by atoms with van der Waals surface area (Å²) in [6, 6.07) is 0. The minimum atomic E-state index is -4.33. The Morgan fingerprint density at radius 3 is 2.71 bits per heavy atom. The smallest absolute Gasteiger partial charge is 0.372 e. The highest BCUT2D eigenvalue weighted by molar-refractivity contribution is 6.32. The fourth-order valence-electron chi connectivity index (χ4n) is 1.63. The summed E-state index contributed by atoms with van der Waals surface area (Å²) in [7, 11) is 1.64. The predicted molar refractivity (Wildman–Crippen MR) is 72.9 cm³/mol. The number of aromatic nitrogens is 4. The van der Waals surface area contributed by atoms with E-state index in [2.05, 4.69) is 25.7 Å². The molecule has 2 heterocycles. The molecule has 10 heteroatoms.